The van der Waals surface area contributed by atoms with Crippen LogP contribution in [0, 0.1) is 17.3 Å². The van der Waals surface area contributed by atoms with E-state index in [4.69, 9.17) is 9.47 Å². The van der Waals surface area contributed by atoms with E-state index in [-0.39, 0.29) is 5.41 Å². The first-order valence-corrected chi connectivity index (χ1v) is 9.82. The quantitative estimate of drug-likeness (QED) is 0.620. The predicted octanol–water partition coefficient (Wildman–Crippen LogP) is 5.30. The number of fused-ring (bicyclic) bond motifs is 6. The van der Waals surface area contributed by atoms with Crippen LogP contribution < -0.4 is 0 Å². The number of hydrogen-bond acceptors (Lipinski definition) is 2. The van der Waals surface area contributed by atoms with Crippen LogP contribution in [0.25, 0.3) is 0 Å². The second-order valence-electron chi connectivity index (χ2n) is 8.77. The van der Waals surface area contributed by atoms with Crippen LogP contribution >= 0.6 is 0 Å². The van der Waals surface area contributed by atoms with Crippen molar-refractivity contribution in [3.05, 3.63) is 34.9 Å². The number of rotatable bonds is 0. The molecule has 0 bridgehead atoms. The molecule has 0 unspecified atom stereocenters. The number of aryl methyl sites for hydroxylation is 1. The van der Waals surface area contributed by atoms with Crippen LogP contribution in [-0.2, 0) is 22.1 Å². The Bertz CT molecular complexity index is 722. The molecule has 1 aromatic rings. The molecule has 1 aromatic carbocycles. The molecule has 0 radical (unpaired) electrons. The van der Waals surface area contributed by atoms with Gasteiger partial charge >= 0.3 is 6.18 Å². The number of benzene rings is 1. The molecule has 1 aliphatic heterocycles. The molecule has 3 aliphatic carbocycles. The Labute approximate surface area is 152 Å². The summed E-state index contributed by atoms with van der Waals surface area (Å²) in [6.45, 7) is 3.69. The zero-order valence-electron chi connectivity index (χ0n) is 15.1. The van der Waals surface area contributed by atoms with Gasteiger partial charge in [0, 0.05) is 11.8 Å². The van der Waals surface area contributed by atoms with Crippen LogP contribution in [0.15, 0.2) is 18.2 Å². The van der Waals surface area contributed by atoms with Crippen molar-refractivity contribution in [1.82, 2.24) is 0 Å². The monoisotopic (exact) mass is 366 g/mol. The van der Waals surface area contributed by atoms with Crippen molar-refractivity contribution in [1.29, 1.82) is 0 Å². The smallest absolute Gasteiger partial charge is 0.347 e. The molecule has 0 aromatic heterocycles. The lowest BCUT2D eigenvalue weighted by molar-refractivity contribution is -0.237. The maximum absolute atomic E-state index is 13.1. The van der Waals surface area contributed by atoms with Gasteiger partial charge in [0.15, 0.2) is 5.79 Å². The van der Waals surface area contributed by atoms with Gasteiger partial charge < -0.3 is 9.47 Å². The maximum Gasteiger partial charge on any atom is 0.416 e. The molecule has 2 nitrogen and oxygen atoms in total. The molecule has 1 heterocycles. The Morgan fingerprint density at radius 3 is 2.54 bits per heavy atom. The van der Waals surface area contributed by atoms with Gasteiger partial charge in [0.05, 0.1) is 18.8 Å². The molecule has 3 fully saturated rings. The number of alkyl halides is 3. The minimum atomic E-state index is -4.26. The number of halogens is 3. The molecule has 4 aliphatic rings. The molecular formula is C21H25F3O2. The standard InChI is InChI=1S/C21H25F3O2/c1-19-8-6-16-15-5-3-14(21(22,23)24)12-13(15)2-4-17(16)18(19)7-9-20(19)25-10-11-26-20/h3,5,12,16-18H,2,4,6-11H2,1H3/t16-,17-,18+,19+/m1/s1. The molecule has 26 heavy (non-hydrogen) atoms. The van der Waals surface area contributed by atoms with E-state index in [9.17, 15) is 13.2 Å². The van der Waals surface area contributed by atoms with Crippen molar-refractivity contribution >= 4 is 0 Å². The van der Waals surface area contributed by atoms with E-state index in [1.165, 1.54) is 12.1 Å². The summed E-state index contributed by atoms with van der Waals surface area (Å²) in [5.41, 5.74) is 1.59. The molecule has 142 valence electrons. The van der Waals surface area contributed by atoms with Gasteiger partial charge in [-0.2, -0.15) is 13.2 Å². The summed E-state index contributed by atoms with van der Waals surface area (Å²) in [5.74, 6) is 1.04. The fourth-order valence-corrected chi connectivity index (χ4v) is 6.64. The largest absolute Gasteiger partial charge is 0.416 e. The normalized spacial score (nSPS) is 38.1. The fourth-order valence-electron chi connectivity index (χ4n) is 6.64. The van der Waals surface area contributed by atoms with E-state index in [1.54, 1.807) is 6.07 Å². The van der Waals surface area contributed by atoms with E-state index in [0.29, 0.717) is 31.0 Å². The SMILES string of the molecule is C[C@]12CC[C@@H]3c4ccc(C(F)(F)F)cc4CC[C@H]3[C@@H]1CCC21OCCO1. The van der Waals surface area contributed by atoms with Crippen LogP contribution in [0.1, 0.15) is 61.6 Å². The van der Waals surface area contributed by atoms with Crippen LogP contribution in [0.2, 0.25) is 0 Å². The van der Waals surface area contributed by atoms with Gasteiger partial charge in [0.1, 0.15) is 0 Å². The maximum atomic E-state index is 13.1. The molecule has 0 N–H and O–H groups in total. The van der Waals surface area contributed by atoms with Crippen molar-refractivity contribution in [3.8, 4) is 0 Å². The lowest BCUT2D eigenvalue weighted by Crippen LogP contribution is -2.51. The molecule has 0 amide bonds. The van der Waals surface area contributed by atoms with Crippen molar-refractivity contribution in [2.75, 3.05) is 13.2 Å². The topological polar surface area (TPSA) is 18.5 Å². The summed E-state index contributed by atoms with van der Waals surface area (Å²) >= 11 is 0. The van der Waals surface area contributed by atoms with Gasteiger partial charge in [-0.1, -0.05) is 13.0 Å². The van der Waals surface area contributed by atoms with E-state index in [0.717, 1.165) is 49.7 Å². The Morgan fingerprint density at radius 1 is 1.04 bits per heavy atom. The summed E-state index contributed by atoms with van der Waals surface area (Å²) in [7, 11) is 0. The Hall–Kier alpha value is -1.07. The highest BCUT2D eigenvalue weighted by molar-refractivity contribution is 5.39. The third kappa shape index (κ3) is 2.19. The Morgan fingerprint density at radius 2 is 1.81 bits per heavy atom. The summed E-state index contributed by atoms with van der Waals surface area (Å²) < 4.78 is 51.4. The van der Waals surface area contributed by atoms with Gasteiger partial charge in [-0.15, -0.1) is 0 Å². The molecule has 1 saturated heterocycles. The average Bonchev–Trinajstić information content (AvgIpc) is 3.20. The third-order valence-electron chi connectivity index (χ3n) is 7.85. The van der Waals surface area contributed by atoms with Crippen molar-refractivity contribution in [2.24, 2.45) is 17.3 Å². The van der Waals surface area contributed by atoms with Crippen LogP contribution in [-0.4, -0.2) is 19.0 Å². The van der Waals surface area contributed by atoms with E-state index in [2.05, 4.69) is 6.92 Å². The third-order valence-corrected chi connectivity index (χ3v) is 7.85. The van der Waals surface area contributed by atoms with Crippen molar-refractivity contribution < 1.29 is 22.6 Å². The molecule has 2 saturated carbocycles. The van der Waals surface area contributed by atoms with Gasteiger partial charge in [-0.25, -0.2) is 0 Å². The first-order chi connectivity index (χ1) is 12.3. The van der Waals surface area contributed by atoms with Crippen LogP contribution in [0.4, 0.5) is 13.2 Å². The highest BCUT2D eigenvalue weighted by Crippen LogP contribution is 2.66. The lowest BCUT2D eigenvalue weighted by atomic mass is 9.55. The second kappa shape index (κ2) is 5.48. The second-order valence-corrected chi connectivity index (χ2v) is 8.77. The van der Waals surface area contributed by atoms with E-state index in [1.807, 2.05) is 0 Å². The molecule has 4 atom stereocenters. The van der Waals surface area contributed by atoms with Gasteiger partial charge in [0.2, 0.25) is 0 Å². The van der Waals surface area contributed by atoms with Gasteiger partial charge in [-0.3, -0.25) is 0 Å². The summed E-state index contributed by atoms with van der Waals surface area (Å²) in [6, 6.07) is 4.41. The van der Waals surface area contributed by atoms with E-state index < -0.39 is 17.5 Å². The molecule has 5 heteroatoms. The molecule has 5 rings (SSSR count). The number of ether oxygens (including phenoxy) is 2. The summed E-state index contributed by atoms with van der Waals surface area (Å²) in [6.07, 6.45) is 1.58. The van der Waals surface area contributed by atoms with Crippen LogP contribution in [0.5, 0.6) is 0 Å². The lowest BCUT2D eigenvalue weighted by Gasteiger charge is -2.52. The van der Waals surface area contributed by atoms with Gasteiger partial charge in [0.25, 0.3) is 0 Å². The van der Waals surface area contributed by atoms with E-state index >= 15 is 0 Å². The highest BCUT2D eigenvalue weighted by atomic mass is 19.4. The van der Waals surface area contributed by atoms with Crippen LogP contribution in [0.3, 0.4) is 0 Å². The summed E-state index contributed by atoms with van der Waals surface area (Å²) in [5, 5.41) is 0. The van der Waals surface area contributed by atoms with Crippen molar-refractivity contribution in [3.63, 3.8) is 0 Å². The highest BCUT2D eigenvalue weighted by Gasteiger charge is 2.65. The molecular weight excluding hydrogens is 341 g/mol. The Balaban J connectivity index is 1.47. The van der Waals surface area contributed by atoms with Gasteiger partial charge in [-0.05, 0) is 73.1 Å². The number of hydrogen-bond donors (Lipinski definition) is 0. The molecule has 1 spiro atoms. The zero-order valence-corrected chi connectivity index (χ0v) is 15.1. The Kier molecular flexibility index (Phi) is 3.59. The summed E-state index contributed by atoms with van der Waals surface area (Å²) in [4.78, 5) is 0. The first kappa shape index (κ1) is 17.1. The van der Waals surface area contributed by atoms with Crippen molar-refractivity contribution in [2.45, 2.75) is 63.3 Å². The minimum Gasteiger partial charge on any atom is -0.347 e. The fraction of sp³-hybridized carbons (Fsp3) is 0.714. The minimum absolute atomic E-state index is 0.0358. The predicted molar refractivity (Wildman–Crippen MR) is 90.7 cm³/mol. The zero-order chi connectivity index (χ0) is 18.2. The first-order valence-electron chi connectivity index (χ1n) is 9.82. The average molecular weight is 366 g/mol.